The van der Waals surface area contributed by atoms with Gasteiger partial charge in [0.2, 0.25) is 0 Å². The molecule has 0 bridgehead atoms. The van der Waals surface area contributed by atoms with Gasteiger partial charge in [-0.25, -0.2) is 4.98 Å². The van der Waals surface area contributed by atoms with Crippen LogP contribution in [0.25, 0.3) is 10.2 Å². The van der Waals surface area contributed by atoms with Gasteiger partial charge in [-0.15, -0.1) is 11.3 Å². The van der Waals surface area contributed by atoms with Gasteiger partial charge < -0.3 is 4.74 Å². The van der Waals surface area contributed by atoms with Crippen molar-refractivity contribution in [3.63, 3.8) is 0 Å². The van der Waals surface area contributed by atoms with Crippen LogP contribution in [0.15, 0.2) is 48.5 Å². The van der Waals surface area contributed by atoms with Gasteiger partial charge in [0, 0.05) is 6.42 Å². The second kappa shape index (κ2) is 6.06. The first-order valence-electron chi connectivity index (χ1n) is 6.87. The van der Waals surface area contributed by atoms with Crippen molar-refractivity contribution in [2.75, 3.05) is 6.61 Å². The average molecular weight is 297 g/mol. The van der Waals surface area contributed by atoms with Crippen LogP contribution in [0, 0.1) is 0 Å². The third-order valence-corrected chi connectivity index (χ3v) is 4.21. The number of fused-ring (bicyclic) bond motifs is 1. The van der Waals surface area contributed by atoms with Crippen molar-refractivity contribution in [2.45, 2.75) is 13.3 Å². The van der Waals surface area contributed by atoms with Crippen LogP contribution in [0.3, 0.4) is 0 Å². The second-order valence-corrected chi connectivity index (χ2v) is 5.69. The van der Waals surface area contributed by atoms with Gasteiger partial charge in [-0.1, -0.05) is 24.3 Å². The number of thiazole rings is 1. The van der Waals surface area contributed by atoms with Gasteiger partial charge in [0.15, 0.2) is 10.8 Å². The number of aromatic nitrogens is 1. The molecule has 3 rings (SSSR count). The molecule has 0 N–H and O–H groups in total. The fraction of sp³-hybridized carbons (Fsp3) is 0.176. The summed E-state index contributed by atoms with van der Waals surface area (Å²) in [5, 5.41) is 0.574. The second-order valence-electron chi connectivity index (χ2n) is 4.66. The Hall–Kier alpha value is -2.20. The van der Waals surface area contributed by atoms with Gasteiger partial charge in [0.05, 0.1) is 16.8 Å². The summed E-state index contributed by atoms with van der Waals surface area (Å²) in [6.07, 6.45) is 0.367. The molecule has 0 saturated carbocycles. The molecule has 0 unspecified atom stereocenters. The molecule has 0 amide bonds. The molecule has 0 aliphatic carbocycles. The van der Waals surface area contributed by atoms with Crippen LogP contribution in [0.1, 0.15) is 22.3 Å². The lowest BCUT2D eigenvalue weighted by atomic mass is 10.1. The molecule has 21 heavy (non-hydrogen) atoms. The molecular weight excluding hydrogens is 282 g/mol. The summed E-state index contributed by atoms with van der Waals surface area (Å²) in [5.74, 6) is 0.883. The lowest BCUT2D eigenvalue weighted by Gasteiger charge is -2.03. The molecule has 0 spiro atoms. The minimum absolute atomic E-state index is 0.0559. The summed E-state index contributed by atoms with van der Waals surface area (Å²) in [6.45, 7) is 2.59. The minimum Gasteiger partial charge on any atom is -0.494 e. The number of nitrogens with zero attached hydrogens (tertiary/aromatic N) is 1. The first-order chi connectivity index (χ1) is 10.3. The summed E-state index contributed by atoms with van der Waals surface area (Å²) in [7, 11) is 0. The summed E-state index contributed by atoms with van der Waals surface area (Å²) in [5.41, 5.74) is 1.86. The van der Waals surface area contributed by atoms with Gasteiger partial charge in [-0.05, 0) is 36.8 Å². The van der Waals surface area contributed by atoms with Crippen LogP contribution in [-0.2, 0) is 6.42 Å². The topological polar surface area (TPSA) is 39.2 Å². The Balaban J connectivity index is 1.76. The van der Waals surface area contributed by atoms with Crippen molar-refractivity contribution in [3.8, 4) is 5.75 Å². The number of ketones is 1. The number of Topliss-reactive ketones (excluding diaryl/α,β-unsaturated/α-hetero) is 1. The summed E-state index contributed by atoms with van der Waals surface area (Å²) < 4.78 is 6.44. The molecule has 0 fully saturated rings. The SMILES string of the molecule is CCOc1ccc(CC(=O)c2nc3ccccc3s2)cc1. The zero-order valence-electron chi connectivity index (χ0n) is 11.7. The number of benzene rings is 2. The lowest BCUT2D eigenvalue weighted by Crippen LogP contribution is -2.02. The third kappa shape index (κ3) is 3.11. The highest BCUT2D eigenvalue weighted by Gasteiger charge is 2.12. The van der Waals surface area contributed by atoms with Crippen molar-refractivity contribution in [1.29, 1.82) is 0 Å². The van der Waals surface area contributed by atoms with Crippen LogP contribution in [0.5, 0.6) is 5.75 Å². The highest BCUT2D eigenvalue weighted by molar-refractivity contribution is 7.20. The number of ether oxygens (including phenoxy) is 1. The predicted molar refractivity (Wildman–Crippen MR) is 85.3 cm³/mol. The van der Waals surface area contributed by atoms with Crippen molar-refractivity contribution in [3.05, 3.63) is 59.1 Å². The van der Waals surface area contributed by atoms with Gasteiger partial charge in [0.1, 0.15) is 5.75 Å². The van der Waals surface area contributed by atoms with E-state index in [-0.39, 0.29) is 5.78 Å². The van der Waals surface area contributed by atoms with Gasteiger partial charge in [0.25, 0.3) is 0 Å². The Bertz CT molecular complexity index is 729. The quantitative estimate of drug-likeness (QED) is 0.665. The number of para-hydroxylation sites is 1. The molecular formula is C17H15NO2S. The van der Waals surface area contributed by atoms with Crippen LogP contribution in [0.4, 0.5) is 0 Å². The van der Waals surface area contributed by atoms with Crippen LogP contribution >= 0.6 is 11.3 Å². The lowest BCUT2D eigenvalue weighted by molar-refractivity contribution is 0.0993. The van der Waals surface area contributed by atoms with E-state index in [1.165, 1.54) is 11.3 Å². The summed E-state index contributed by atoms with van der Waals surface area (Å²) >= 11 is 1.45. The van der Waals surface area contributed by atoms with Crippen LogP contribution in [-0.4, -0.2) is 17.4 Å². The fourth-order valence-corrected chi connectivity index (χ4v) is 3.03. The Labute approximate surface area is 127 Å². The zero-order chi connectivity index (χ0) is 14.7. The van der Waals surface area contributed by atoms with Crippen molar-refractivity contribution < 1.29 is 9.53 Å². The van der Waals surface area contributed by atoms with E-state index in [0.717, 1.165) is 21.5 Å². The van der Waals surface area contributed by atoms with E-state index in [9.17, 15) is 4.79 Å². The van der Waals surface area contributed by atoms with Gasteiger partial charge >= 0.3 is 0 Å². The fourth-order valence-electron chi connectivity index (χ4n) is 2.12. The van der Waals surface area contributed by atoms with Crippen LogP contribution < -0.4 is 4.74 Å². The molecule has 1 heterocycles. The van der Waals surface area contributed by atoms with E-state index in [4.69, 9.17) is 4.74 Å². The Morgan fingerprint density at radius 3 is 2.62 bits per heavy atom. The van der Waals surface area contributed by atoms with Crippen molar-refractivity contribution in [2.24, 2.45) is 0 Å². The molecule has 0 radical (unpaired) electrons. The normalized spacial score (nSPS) is 10.7. The number of hydrogen-bond donors (Lipinski definition) is 0. The standard InChI is InChI=1S/C17H15NO2S/c1-2-20-13-9-7-12(8-10-13)11-15(19)17-18-14-5-3-4-6-16(14)21-17/h3-10H,2,11H2,1H3. The van der Waals surface area contributed by atoms with Gasteiger partial charge in [-0.3, -0.25) is 4.79 Å². The molecule has 0 saturated heterocycles. The maximum atomic E-state index is 12.3. The molecule has 4 heteroatoms. The zero-order valence-corrected chi connectivity index (χ0v) is 12.5. The number of hydrogen-bond acceptors (Lipinski definition) is 4. The molecule has 106 valence electrons. The van der Waals surface area contributed by atoms with E-state index in [0.29, 0.717) is 18.0 Å². The number of rotatable bonds is 5. The molecule has 0 aliphatic rings. The van der Waals surface area contributed by atoms with E-state index < -0.39 is 0 Å². The smallest absolute Gasteiger partial charge is 0.195 e. The summed E-state index contributed by atoms with van der Waals surface area (Å²) in [4.78, 5) is 16.7. The average Bonchev–Trinajstić information content (AvgIpc) is 2.94. The van der Waals surface area contributed by atoms with E-state index >= 15 is 0 Å². The highest BCUT2D eigenvalue weighted by atomic mass is 32.1. The minimum atomic E-state index is 0.0559. The molecule has 3 aromatic rings. The van der Waals surface area contributed by atoms with Crippen LogP contribution in [0.2, 0.25) is 0 Å². The number of carbonyl (C=O) groups excluding carboxylic acids is 1. The van der Waals surface area contributed by atoms with Crippen molar-refractivity contribution in [1.82, 2.24) is 4.98 Å². The Morgan fingerprint density at radius 1 is 1.14 bits per heavy atom. The highest BCUT2D eigenvalue weighted by Crippen LogP contribution is 2.23. The third-order valence-electron chi connectivity index (χ3n) is 3.13. The molecule has 0 aliphatic heterocycles. The summed E-state index contributed by atoms with van der Waals surface area (Å²) in [6, 6.07) is 15.4. The van der Waals surface area contributed by atoms with E-state index in [1.54, 1.807) is 0 Å². The maximum absolute atomic E-state index is 12.3. The molecule has 2 aromatic carbocycles. The Morgan fingerprint density at radius 2 is 1.90 bits per heavy atom. The first kappa shape index (κ1) is 13.8. The molecule has 1 aromatic heterocycles. The molecule has 0 atom stereocenters. The first-order valence-corrected chi connectivity index (χ1v) is 7.68. The van der Waals surface area contributed by atoms with E-state index in [2.05, 4.69) is 4.98 Å². The van der Waals surface area contributed by atoms with Gasteiger partial charge in [-0.2, -0.15) is 0 Å². The van der Waals surface area contributed by atoms with Crippen molar-refractivity contribution >= 4 is 27.3 Å². The number of carbonyl (C=O) groups is 1. The molecule has 3 nitrogen and oxygen atoms in total. The Kier molecular flexibility index (Phi) is 3.97. The maximum Gasteiger partial charge on any atom is 0.195 e. The largest absolute Gasteiger partial charge is 0.494 e. The van der Waals surface area contributed by atoms with E-state index in [1.807, 2.05) is 55.5 Å². The predicted octanol–water partition coefficient (Wildman–Crippen LogP) is 4.12. The monoisotopic (exact) mass is 297 g/mol.